The number of nitrogens with one attached hydrogen (secondary N) is 1. The Kier molecular flexibility index (Phi) is 12.0. The van der Waals surface area contributed by atoms with Gasteiger partial charge in [-0.1, -0.05) is 45.3 Å². The standard InChI is InChI=1S/C37H59N7O5Si2/c1-37(2,3)49-36(46)43-28-12-13-29(43)20-27(19-28)32-21-33(42(24-47-15-17-50(5,6)7)25-48-16-18-51(8,9)10)44-34(41-32)30(23-40-44)26-11-14-31(39-22-26)35(45)38-4/h11,14,21-23,27-29H,12-13,15-20,24-25H2,1-10H3,(H,38,45)/t27?,28-,29+. The molecule has 2 bridgehead atoms. The molecule has 0 radical (unpaired) electrons. The van der Waals surface area contributed by atoms with E-state index >= 15 is 0 Å². The summed E-state index contributed by atoms with van der Waals surface area (Å²) in [5, 5.41) is 7.49. The van der Waals surface area contributed by atoms with E-state index in [1.165, 1.54) is 0 Å². The number of aromatic nitrogens is 4. The average Bonchev–Trinajstić information content (AvgIpc) is 3.59. The van der Waals surface area contributed by atoms with Crippen LogP contribution in [0, 0.1) is 0 Å². The van der Waals surface area contributed by atoms with E-state index in [1.807, 2.05) is 42.4 Å². The van der Waals surface area contributed by atoms with E-state index in [-0.39, 0.29) is 30.0 Å². The summed E-state index contributed by atoms with van der Waals surface area (Å²) in [6.45, 7) is 22.0. The first-order valence-electron chi connectivity index (χ1n) is 18.4. The molecule has 1 unspecified atom stereocenters. The first kappa shape index (κ1) is 38.9. The van der Waals surface area contributed by atoms with Gasteiger partial charge in [0.25, 0.3) is 5.91 Å². The number of carbonyl (C=O) groups is 2. The minimum atomic E-state index is -1.28. The molecule has 51 heavy (non-hydrogen) atoms. The van der Waals surface area contributed by atoms with Gasteiger partial charge in [-0.05, 0) is 64.6 Å². The molecule has 0 spiro atoms. The molecule has 2 saturated heterocycles. The number of amides is 2. The summed E-state index contributed by atoms with van der Waals surface area (Å²) in [6, 6.07) is 8.09. The number of ether oxygens (including phenoxy) is 3. The van der Waals surface area contributed by atoms with E-state index < -0.39 is 21.7 Å². The normalized spacial score (nSPS) is 19.4. The molecule has 0 aliphatic carbocycles. The number of piperidine rings is 1. The van der Waals surface area contributed by atoms with Crippen LogP contribution in [-0.2, 0) is 14.2 Å². The van der Waals surface area contributed by atoms with Crippen molar-refractivity contribution in [3.05, 3.63) is 42.0 Å². The predicted octanol–water partition coefficient (Wildman–Crippen LogP) is 7.23. The number of hydrogen-bond acceptors (Lipinski definition) is 9. The van der Waals surface area contributed by atoms with Gasteiger partial charge in [-0.25, -0.2) is 9.78 Å². The highest BCUT2D eigenvalue weighted by Crippen LogP contribution is 2.44. The molecule has 280 valence electrons. The van der Waals surface area contributed by atoms with Crippen molar-refractivity contribution in [3.63, 3.8) is 0 Å². The molecule has 2 aliphatic heterocycles. The number of fused-ring (bicyclic) bond motifs is 3. The summed E-state index contributed by atoms with van der Waals surface area (Å²) in [5.41, 5.74) is 3.10. The SMILES string of the molecule is CNC(=O)c1ccc(-c2cnn3c(N(COCC[Si](C)(C)C)COCC[Si](C)(C)C)cc(C4C[C@H]5CC[C@@H](C4)N5C(=O)OC(C)(C)C)nc23)cn1. The quantitative estimate of drug-likeness (QED) is 0.104. The molecule has 0 aromatic carbocycles. The third-order valence-electron chi connectivity index (χ3n) is 9.57. The number of carbonyl (C=O) groups excluding carboxylic acids is 2. The van der Waals surface area contributed by atoms with Gasteiger partial charge in [-0.3, -0.25) is 9.78 Å². The average molecular weight is 738 g/mol. The first-order chi connectivity index (χ1) is 23.9. The van der Waals surface area contributed by atoms with Crippen LogP contribution in [0.1, 0.15) is 68.6 Å². The summed E-state index contributed by atoms with van der Waals surface area (Å²) < 4.78 is 20.4. The molecule has 14 heteroatoms. The molecular formula is C37H59N7O5Si2. The Hall–Kier alpha value is -3.34. The van der Waals surface area contributed by atoms with Crippen LogP contribution < -0.4 is 10.2 Å². The highest BCUT2D eigenvalue weighted by Gasteiger charge is 2.45. The Morgan fingerprint density at radius 2 is 1.55 bits per heavy atom. The Labute approximate surface area is 305 Å². The van der Waals surface area contributed by atoms with E-state index in [9.17, 15) is 9.59 Å². The second-order valence-electron chi connectivity index (χ2n) is 17.5. The lowest BCUT2D eigenvalue weighted by atomic mass is 9.88. The molecule has 0 saturated carbocycles. The zero-order valence-electron chi connectivity index (χ0n) is 32.4. The maximum Gasteiger partial charge on any atom is 0.410 e. The Morgan fingerprint density at radius 1 is 0.941 bits per heavy atom. The lowest BCUT2D eigenvalue weighted by Crippen LogP contribution is -2.48. The first-order valence-corrected chi connectivity index (χ1v) is 25.8. The van der Waals surface area contributed by atoms with E-state index in [2.05, 4.69) is 60.5 Å². The Bertz CT molecular complexity index is 1630. The van der Waals surface area contributed by atoms with Gasteiger partial charge in [0.2, 0.25) is 0 Å². The maximum absolute atomic E-state index is 13.3. The fourth-order valence-corrected chi connectivity index (χ4v) is 8.24. The molecule has 5 rings (SSSR count). The Morgan fingerprint density at radius 3 is 2.06 bits per heavy atom. The number of nitrogens with zero attached hydrogens (tertiary/aromatic N) is 6. The summed E-state index contributed by atoms with van der Waals surface area (Å²) in [4.78, 5) is 39.3. The summed E-state index contributed by atoms with van der Waals surface area (Å²) in [7, 11) is -0.975. The zero-order valence-corrected chi connectivity index (χ0v) is 34.4. The smallest absolute Gasteiger partial charge is 0.410 e. The molecule has 3 aromatic rings. The third kappa shape index (κ3) is 10.2. The molecule has 5 heterocycles. The number of anilines is 1. The van der Waals surface area contributed by atoms with Gasteiger partial charge in [0.1, 0.15) is 30.6 Å². The monoisotopic (exact) mass is 737 g/mol. The van der Waals surface area contributed by atoms with E-state index in [1.54, 1.807) is 19.3 Å². The summed E-state index contributed by atoms with van der Waals surface area (Å²) in [5.74, 6) is 0.749. The molecule has 1 N–H and O–H groups in total. The van der Waals surface area contributed by atoms with E-state index in [0.29, 0.717) is 38.0 Å². The van der Waals surface area contributed by atoms with Crippen molar-refractivity contribution in [3.8, 4) is 11.1 Å². The van der Waals surface area contributed by atoms with Crippen molar-refractivity contribution in [2.45, 2.75) is 121 Å². The van der Waals surface area contributed by atoms with E-state index in [0.717, 1.165) is 60.4 Å². The van der Waals surface area contributed by atoms with Crippen LogP contribution in [0.3, 0.4) is 0 Å². The van der Waals surface area contributed by atoms with Gasteiger partial charge in [-0.15, -0.1) is 0 Å². The minimum absolute atomic E-state index is 0.0989. The number of pyridine rings is 1. The van der Waals surface area contributed by atoms with E-state index in [4.69, 9.17) is 24.3 Å². The molecular weight excluding hydrogens is 679 g/mol. The van der Waals surface area contributed by atoms with Crippen molar-refractivity contribution in [2.24, 2.45) is 0 Å². The van der Waals surface area contributed by atoms with Crippen LogP contribution in [-0.4, -0.2) is 104 Å². The lowest BCUT2D eigenvalue weighted by Gasteiger charge is -2.39. The van der Waals surface area contributed by atoms with Crippen molar-refractivity contribution < 1.29 is 23.8 Å². The zero-order chi connectivity index (χ0) is 37.1. The number of rotatable bonds is 14. The number of hydrogen-bond donors (Lipinski definition) is 1. The van der Waals surface area contributed by atoms with Crippen LogP contribution in [0.4, 0.5) is 10.6 Å². The van der Waals surface area contributed by atoms with Crippen LogP contribution in [0.5, 0.6) is 0 Å². The van der Waals surface area contributed by atoms with Gasteiger partial charge in [0.05, 0.1) is 6.20 Å². The van der Waals surface area contributed by atoms with Gasteiger partial charge in [0, 0.05) is 83.5 Å². The largest absolute Gasteiger partial charge is 0.444 e. The predicted molar refractivity (Wildman–Crippen MR) is 207 cm³/mol. The second-order valence-corrected chi connectivity index (χ2v) is 28.8. The third-order valence-corrected chi connectivity index (χ3v) is 13.0. The van der Waals surface area contributed by atoms with Crippen LogP contribution >= 0.6 is 0 Å². The fraction of sp³-hybridized carbons (Fsp3) is 0.649. The topological polar surface area (TPSA) is 123 Å². The molecule has 3 aromatic heterocycles. The van der Waals surface area contributed by atoms with Crippen molar-refractivity contribution in [1.29, 1.82) is 0 Å². The maximum atomic E-state index is 13.3. The molecule has 2 amide bonds. The van der Waals surface area contributed by atoms with Crippen molar-refractivity contribution in [1.82, 2.24) is 29.8 Å². The van der Waals surface area contributed by atoms with Gasteiger partial charge < -0.3 is 29.3 Å². The molecule has 12 nitrogen and oxygen atoms in total. The molecule has 3 atom stereocenters. The lowest BCUT2D eigenvalue weighted by molar-refractivity contribution is 0.00568. The van der Waals surface area contributed by atoms with Gasteiger partial charge >= 0.3 is 6.09 Å². The van der Waals surface area contributed by atoms with Gasteiger partial charge in [0.15, 0.2) is 5.65 Å². The molecule has 2 fully saturated rings. The fourth-order valence-electron chi connectivity index (χ4n) is 6.73. The molecule has 2 aliphatic rings. The van der Waals surface area contributed by atoms with Crippen LogP contribution in [0.15, 0.2) is 30.6 Å². The van der Waals surface area contributed by atoms with Crippen molar-refractivity contribution >= 4 is 39.6 Å². The van der Waals surface area contributed by atoms with Crippen LogP contribution in [0.2, 0.25) is 51.4 Å². The summed E-state index contributed by atoms with van der Waals surface area (Å²) >= 11 is 0. The second kappa shape index (κ2) is 15.7. The van der Waals surface area contributed by atoms with Gasteiger partial charge in [-0.2, -0.15) is 9.61 Å². The van der Waals surface area contributed by atoms with Crippen molar-refractivity contribution in [2.75, 3.05) is 38.6 Å². The highest BCUT2D eigenvalue weighted by molar-refractivity contribution is 6.76. The minimum Gasteiger partial charge on any atom is -0.444 e. The van der Waals surface area contributed by atoms with Crippen LogP contribution in [0.25, 0.3) is 16.8 Å². The Balaban J connectivity index is 1.52. The highest BCUT2D eigenvalue weighted by atomic mass is 28.3. The summed E-state index contributed by atoms with van der Waals surface area (Å²) in [6.07, 6.45) is 6.83.